The summed E-state index contributed by atoms with van der Waals surface area (Å²) in [5.41, 5.74) is 3.59. The van der Waals surface area contributed by atoms with Gasteiger partial charge in [-0.3, -0.25) is 9.59 Å². The van der Waals surface area contributed by atoms with E-state index in [4.69, 9.17) is 9.47 Å². The minimum atomic E-state index is -0.123. The van der Waals surface area contributed by atoms with E-state index in [-0.39, 0.29) is 17.9 Å². The van der Waals surface area contributed by atoms with E-state index in [1.54, 1.807) is 32.4 Å². The van der Waals surface area contributed by atoms with Crippen molar-refractivity contribution < 1.29 is 24.0 Å². The highest BCUT2D eigenvalue weighted by atomic mass is 16.5. The quantitative estimate of drug-likeness (QED) is 0.630. The highest BCUT2D eigenvalue weighted by Crippen LogP contribution is 2.27. The Hall–Kier alpha value is -3.06. The third-order valence-corrected chi connectivity index (χ3v) is 5.83. The minimum absolute atomic E-state index is 0.0280. The molecule has 1 saturated heterocycles. The molecule has 0 spiro atoms. The molecule has 3 N–H and O–H groups in total. The summed E-state index contributed by atoms with van der Waals surface area (Å²) in [4.78, 5) is 26.4. The van der Waals surface area contributed by atoms with E-state index in [9.17, 15) is 9.59 Å². The van der Waals surface area contributed by atoms with Gasteiger partial charge in [0.05, 0.1) is 27.3 Å². The highest BCUT2D eigenvalue weighted by Gasteiger charge is 2.26. The first-order chi connectivity index (χ1) is 14.9. The van der Waals surface area contributed by atoms with Gasteiger partial charge in [-0.05, 0) is 43.2 Å². The molecule has 0 bridgehead atoms. The molecular weight excluding hydrogens is 394 g/mol. The van der Waals surface area contributed by atoms with E-state index in [1.165, 1.54) is 4.90 Å². The third-order valence-electron chi connectivity index (χ3n) is 5.83. The molecule has 0 atom stereocenters. The molecule has 1 heterocycles. The van der Waals surface area contributed by atoms with Crippen molar-refractivity contribution in [3.05, 3.63) is 53.1 Å². The van der Waals surface area contributed by atoms with Crippen LogP contribution in [-0.2, 0) is 4.79 Å². The molecule has 1 aliphatic heterocycles. The van der Waals surface area contributed by atoms with Crippen LogP contribution in [0.2, 0.25) is 0 Å². The molecule has 2 aromatic carbocycles. The van der Waals surface area contributed by atoms with Gasteiger partial charge in [0.25, 0.3) is 11.8 Å². The standard InChI is InChI=1S/C24H31N3O4/c1-16-6-5-7-17(2)23(16)26-22(28)15-27-12-10-19(11-13-27)25-24(29)18-8-9-20(30-3)21(14-18)31-4/h5-9,14,19H,10-13,15H2,1-4H3,(H,25,29)(H,26,28)/p+1. The van der Waals surface area contributed by atoms with Crippen molar-refractivity contribution in [2.75, 3.05) is 39.2 Å². The fraction of sp³-hybridized carbons (Fsp3) is 0.417. The van der Waals surface area contributed by atoms with Gasteiger partial charge in [-0.15, -0.1) is 0 Å². The Morgan fingerprint density at radius 3 is 2.26 bits per heavy atom. The number of benzene rings is 2. The van der Waals surface area contributed by atoms with Crippen LogP contribution in [0, 0.1) is 13.8 Å². The van der Waals surface area contributed by atoms with Gasteiger partial charge in [0.15, 0.2) is 18.0 Å². The van der Waals surface area contributed by atoms with Crippen molar-refractivity contribution >= 4 is 17.5 Å². The zero-order chi connectivity index (χ0) is 22.4. The number of piperidine rings is 1. The van der Waals surface area contributed by atoms with Gasteiger partial charge in [0.1, 0.15) is 0 Å². The number of quaternary nitrogens is 1. The van der Waals surface area contributed by atoms with Crippen LogP contribution in [0.1, 0.15) is 34.3 Å². The molecule has 1 aliphatic rings. The molecule has 0 unspecified atom stereocenters. The normalized spacial score (nSPS) is 18.2. The Bertz CT molecular complexity index is 916. The van der Waals surface area contributed by atoms with Crippen LogP contribution >= 0.6 is 0 Å². The molecule has 7 nitrogen and oxygen atoms in total. The largest absolute Gasteiger partial charge is 0.493 e. The van der Waals surface area contributed by atoms with Gasteiger partial charge in [0, 0.05) is 30.1 Å². The van der Waals surface area contributed by atoms with Crippen molar-refractivity contribution in [2.45, 2.75) is 32.7 Å². The van der Waals surface area contributed by atoms with E-state index >= 15 is 0 Å². The van der Waals surface area contributed by atoms with Crippen LogP contribution in [0.5, 0.6) is 11.5 Å². The minimum Gasteiger partial charge on any atom is -0.493 e. The molecule has 0 saturated carbocycles. The summed E-state index contributed by atoms with van der Waals surface area (Å²) in [5.74, 6) is 1.03. The van der Waals surface area contributed by atoms with Gasteiger partial charge in [-0.25, -0.2) is 0 Å². The Labute approximate surface area is 183 Å². The van der Waals surface area contributed by atoms with Crippen molar-refractivity contribution in [1.29, 1.82) is 0 Å². The second-order valence-electron chi connectivity index (χ2n) is 8.06. The van der Waals surface area contributed by atoms with Crippen LogP contribution in [0.4, 0.5) is 5.69 Å². The number of para-hydroxylation sites is 1. The average Bonchev–Trinajstić information content (AvgIpc) is 2.77. The Morgan fingerprint density at radius 2 is 1.65 bits per heavy atom. The summed E-state index contributed by atoms with van der Waals surface area (Å²) in [6, 6.07) is 11.2. The number of likely N-dealkylation sites (tertiary alicyclic amines) is 1. The molecule has 0 radical (unpaired) electrons. The molecule has 0 aliphatic carbocycles. The maximum atomic E-state index is 12.6. The summed E-state index contributed by atoms with van der Waals surface area (Å²) in [5, 5.41) is 6.16. The monoisotopic (exact) mass is 426 g/mol. The lowest BCUT2D eigenvalue weighted by Crippen LogP contribution is -3.14. The van der Waals surface area contributed by atoms with Crippen molar-refractivity contribution in [1.82, 2.24) is 5.32 Å². The van der Waals surface area contributed by atoms with E-state index in [0.29, 0.717) is 23.6 Å². The summed E-state index contributed by atoms with van der Waals surface area (Å²) in [6.07, 6.45) is 1.68. The Kier molecular flexibility index (Phi) is 7.52. The number of rotatable bonds is 7. The van der Waals surface area contributed by atoms with Crippen molar-refractivity contribution in [2.24, 2.45) is 0 Å². The fourth-order valence-corrected chi connectivity index (χ4v) is 4.02. The molecule has 166 valence electrons. The smallest absolute Gasteiger partial charge is 0.279 e. The number of hydrogen-bond acceptors (Lipinski definition) is 4. The first-order valence-electron chi connectivity index (χ1n) is 10.6. The number of carbonyl (C=O) groups excluding carboxylic acids is 2. The number of amides is 2. The number of anilines is 1. The molecule has 3 rings (SSSR count). The zero-order valence-corrected chi connectivity index (χ0v) is 18.7. The molecule has 2 aromatic rings. The van der Waals surface area contributed by atoms with E-state index in [2.05, 4.69) is 10.6 Å². The zero-order valence-electron chi connectivity index (χ0n) is 18.7. The van der Waals surface area contributed by atoms with Crippen LogP contribution < -0.4 is 25.0 Å². The number of nitrogens with one attached hydrogen (secondary N) is 3. The molecular formula is C24H32N3O4+. The summed E-state index contributed by atoms with van der Waals surface area (Å²) < 4.78 is 10.5. The maximum Gasteiger partial charge on any atom is 0.279 e. The highest BCUT2D eigenvalue weighted by molar-refractivity contribution is 5.95. The summed E-state index contributed by atoms with van der Waals surface area (Å²) >= 11 is 0. The van der Waals surface area contributed by atoms with Crippen molar-refractivity contribution in [3.63, 3.8) is 0 Å². The number of ether oxygens (including phenoxy) is 2. The predicted molar refractivity (Wildman–Crippen MR) is 120 cm³/mol. The maximum absolute atomic E-state index is 12.6. The first-order valence-corrected chi connectivity index (χ1v) is 10.6. The topological polar surface area (TPSA) is 81.1 Å². The fourth-order valence-electron chi connectivity index (χ4n) is 4.02. The molecule has 0 aromatic heterocycles. The van der Waals surface area contributed by atoms with Gasteiger partial charge in [-0.1, -0.05) is 18.2 Å². The Balaban J connectivity index is 1.48. The van der Waals surface area contributed by atoms with Gasteiger partial charge in [-0.2, -0.15) is 0 Å². The average molecular weight is 427 g/mol. The predicted octanol–water partition coefficient (Wildman–Crippen LogP) is 1.74. The van der Waals surface area contributed by atoms with Gasteiger partial charge >= 0.3 is 0 Å². The number of aryl methyl sites for hydroxylation is 2. The second kappa shape index (κ2) is 10.3. The number of hydrogen-bond donors (Lipinski definition) is 3. The molecule has 2 amide bonds. The van der Waals surface area contributed by atoms with Crippen LogP contribution in [0.25, 0.3) is 0 Å². The van der Waals surface area contributed by atoms with Crippen LogP contribution in [-0.4, -0.2) is 51.7 Å². The first kappa shape index (κ1) is 22.6. The third kappa shape index (κ3) is 5.76. The van der Waals surface area contributed by atoms with E-state index < -0.39 is 0 Å². The van der Waals surface area contributed by atoms with E-state index in [1.807, 2.05) is 32.0 Å². The lowest BCUT2D eigenvalue weighted by molar-refractivity contribution is -0.897. The van der Waals surface area contributed by atoms with Crippen molar-refractivity contribution in [3.8, 4) is 11.5 Å². The van der Waals surface area contributed by atoms with Crippen LogP contribution in [0.15, 0.2) is 36.4 Å². The molecule has 31 heavy (non-hydrogen) atoms. The Morgan fingerprint density at radius 1 is 1.00 bits per heavy atom. The lowest BCUT2D eigenvalue weighted by atomic mass is 10.0. The second-order valence-corrected chi connectivity index (χ2v) is 8.06. The summed E-state index contributed by atoms with van der Waals surface area (Å²) in [6.45, 7) is 6.13. The lowest BCUT2D eigenvalue weighted by Gasteiger charge is -2.29. The van der Waals surface area contributed by atoms with Gasteiger partial charge in [0.2, 0.25) is 0 Å². The van der Waals surface area contributed by atoms with Crippen LogP contribution in [0.3, 0.4) is 0 Å². The van der Waals surface area contributed by atoms with Gasteiger partial charge < -0.3 is 25.0 Å². The number of carbonyl (C=O) groups is 2. The SMILES string of the molecule is COc1ccc(C(=O)NC2CC[NH+](CC(=O)Nc3c(C)cccc3C)CC2)cc1OC. The number of methoxy groups -OCH3 is 2. The van der Waals surface area contributed by atoms with E-state index in [0.717, 1.165) is 42.7 Å². The molecule has 7 heteroatoms. The summed E-state index contributed by atoms with van der Waals surface area (Å²) in [7, 11) is 3.12. The molecule has 1 fully saturated rings.